The van der Waals surface area contributed by atoms with Crippen LogP contribution in [0.2, 0.25) is 0 Å². The smallest absolute Gasteiger partial charge is 0.188 e. The highest BCUT2D eigenvalue weighted by Gasteiger charge is 2.14. The van der Waals surface area contributed by atoms with E-state index in [4.69, 9.17) is 20.4 Å². The Bertz CT molecular complexity index is 454. The Morgan fingerprint density at radius 1 is 1.48 bits per heavy atom. The van der Waals surface area contributed by atoms with Gasteiger partial charge in [-0.15, -0.1) is 0 Å². The lowest BCUT2D eigenvalue weighted by atomic mass is 10.2. The zero-order chi connectivity index (χ0) is 15.7. The molecule has 0 saturated heterocycles. The van der Waals surface area contributed by atoms with Crippen LogP contribution in [0, 0.1) is 0 Å². The van der Waals surface area contributed by atoms with Crippen LogP contribution in [0.4, 0.5) is 0 Å². The number of amidine groups is 1. The van der Waals surface area contributed by atoms with Gasteiger partial charge in [-0.3, -0.25) is 9.88 Å². The van der Waals surface area contributed by atoms with Crippen molar-refractivity contribution >= 4 is 5.84 Å². The monoisotopic (exact) mass is 296 g/mol. The molecule has 0 bridgehead atoms. The number of nitrogens with two attached hydrogens (primary N) is 1. The molecule has 1 rings (SSSR count). The number of nitrogens with zero attached hydrogens (tertiary/aromatic N) is 3. The average molecular weight is 296 g/mol. The summed E-state index contributed by atoms with van der Waals surface area (Å²) in [6.45, 7) is 4.89. The largest absolute Gasteiger partial charge is 0.409 e. The van der Waals surface area contributed by atoms with Crippen LogP contribution in [-0.2, 0) is 16.0 Å². The van der Waals surface area contributed by atoms with Crippen LogP contribution in [-0.4, -0.2) is 60.9 Å². The van der Waals surface area contributed by atoms with Gasteiger partial charge >= 0.3 is 0 Å². The van der Waals surface area contributed by atoms with Crippen molar-refractivity contribution in [3.05, 3.63) is 29.6 Å². The van der Waals surface area contributed by atoms with Crippen molar-refractivity contribution in [3.8, 4) is 0 Å². The molecule has 0 spiro atoms. The molecule has 0 fully saturated rings. The number of oxime groups is 1. The average Bonchev–Trinajstić information content (AvgIpc) is 2.51. The molecule has 0 aliphatic carbocycles. The molecule has 0 aliphatic heterocycles. The maximum Gasteiger partial charge on any atom is 0.188 e. The third-order valence-corrected chi connectivity index (χ3v) is 3.19. The van der Waals surface area contributed by atoms with Crippen LogP contribution in [0.15, 0.2) is 23.5 Å². The van der Waals surface area contributed by atoms with E-state index in [0.717, 1.165) is 12.1 Å². The van der Waals surface area contributed by atoms with Crippen LogP contribution in [0.1, 0.15) is 18.2 Å². The Labute approximate surface area is 125 Å². The third-order valence-electron chi connectivity index (χ3n) is 3.19. The molecule has 0 aromatic carbocycles. The molecule has 1 unspecified atom stereocenters. The molecule has 1 aromatic heterocycles. The first-order valence-corrected chi connectivity index (χ1v) is 6.77. The van der Waals surface area contributed by atoms with Crippen molar-refractivity contribution in [2.45, 2.75) is 19.5 Å². The number of ether oxygens (including phenoxy) is 2. The lowest BCUT2D eigenvalue weighted by Gasteiger charge is -2.28. The van der Waals surface area contributed by atoms with Crippen molar-refractivity contribution in [1.29, 1.82) is 0 Å². The lowest BCUT2D eigenvalue weighted by Crippen LogP contribution is -2.38. The predicted octanol–water partition coefficient (Wildman–Crippen LogP) is 0.659. The number of pyridine rings is 1. The minimum atomic E-state index is 0.00484. The molecule has 1 atom stereocenters. The highest BCUT2D eigenvalue weighted by Crippen LogP contribution is 2.10. The molecule has 7 nitrogen and oxygen atoms in total. The van der Waals surface area contributed by atoms with Crippen molar-refractivity contribution in [1.82, 2.24) is 9.88 Å². The summed E-state index contributed by atoms with van der Waals surface area (Å²) in [5.41, 5.74) is 7.06. The topological polar surface area (TPSA) is 93.2 Å². The summed E-state index contributed by atoms with van der Waals surface area (Å²) in [7, 11) is 3.37. The van der Waals surface area contributed by atoms with Crippen LogP contribution in [0.25, 0.3) is 0 Å². The van der Waals surface area contributed by atoms with E-state index in [9.17, 15) is 0 Å². The van der Waals surface area contributed by atoms with Gasteiger partial charge < -0.3 is 20.4 Å². The summed E-state index contributed by atoms with van der Waals surface area (Å²) < 4.78 is 10.4. The van der Waals surface area contributed by atoms with E-state index >= 15 is 0 Å². The Balaban J connectivity index is 2.82. The van der Waals surface area contributed by atoms with Gasteiger partial charge in [-0.1, -0.05) is 5.16 Å². The molecule has 118 valence electrons. The summed E-state index contributed by atoms with van der Waals surface area (Å²) in [6, 6.07) is 3.98. The standard InChI is InChI=1S/C14H24N4O3/c1-11(10-21-3)18(6-7-20-2)9-12-4-5-16-13(8-12)14(15)17-19/h4-5,8,11,19H,6-7,9-10H2,1-3H3,(H2,15,17). The van der Waals surface area contributed by atoms with Crippen LogP contribution in [0.5, 0.6) is 0 Å². The van der Waals surface area contributed by atoms with E-state index in [2.05, 4.69) is 22.0 Å². The highest BCUT2D eigenvalue weighted by molar-refractivity contribution is 5.95. The molecule has 3 N–H and O–H groups in total. The molecular formula is C14H24N4O3. The summed E-state index contributed by atoms with van der Waals surface area (Å²) in [4.78, 5) is 6.33. The predicted molar refractivity (Wildman–Crippen MR) is 80.4 cm³/mol. The van der Waals surface area contributed by atoms with Crippen LogP contribution >= 0.6 is 0 Å². The third kappa shape index (κ3) is 5.66. The molecule has 1 heterocycles. The molecule has 21 heavy (non-hydrogen) atoms. The number of methoxy groups -OCH3 is 2. The minimum Gasteiger partial charge on any atom is -0.409 e. The summed E-state index contributed by atoms with van der Waals surface area (Å²) in [6.07, 6.45) is 1.65. The zero-order valence-electron chi connectivity index (χ0n) is 12.8. The molecule has 0 aliphatic rings. The second-order valence-electron chi connectivity index (χ2n) is 4.80. The van der Waals surface area contributed by atoms with Crippen molar-refractivity contribution in [2.75, 3.05) is 34.0 Å². The van der Waals surface area contributed by atoms with Crippen molar-refractivity contribution in [2.24, 2.45) is 10.9 Å². The maximum atomic E-state index is 8.71. The van der Waals surface area contributed by atoms with E-state index in [1.165, 1.54) is 0 Å². The zero-order valence-corrected chi connectivity index (χ0v) is 12.8. The second kappa shape index (κ2) is 9.28. The first-order chi connectivity index (χ1) is 10.1. The molecule has 0 saturated carbocycles. The maximum absolute atomic E-state index is 8.71. The van der Waals surface area contributed by atoms with Crippen LogP contribution < -0.4 is 5.73 Å². The second-order valence-corrected chi connectivity index (χ2v) is 4.80. The first-order valence-electron chi connectivity index (χ1n) is 6.77. The molecular weight excluding hydrogens is 272 g/mol. The van der Waals surface area contributed by atoms with E-state index in [1.54, 1.807) is 20.4 Å². The Morgan fingerprint density at radius 2 is 2.24 bits per heavy atom. The quantitative estimate of drug-likeness (QED) is 0.301. The Morgan fingerprint density at radius 3 is 2.86 bits per heavy atom. The Hall–Kier alpha value is -1.70. The number of hydrogen-bond donors (Lipinski definition) is 2. The van der Waals surface area contributed by atoms with Gasteiger partial charge in [-0.2, -0.15) is 0 Å². The minimum absolute atomic E-state index is 0.00484. The van der Waals surface area contributed by atoms with Gasteiger partial charge in [-0.25, -0.2) is 0 Å². The van der Waals surface area contributed by atoms with E-state index in [-0.39, 0.29) is 11.9 Å². The van der Waals surface area contributed by atoms with Crippen molar-refractivity contribution in [3.63, 3.8) is 0 Å². The fourth-order valence-electron chi connectivity index (χ4n) is 2.01. The number of aromatic nitrogens is 1. The SMILES string of the molecule is COCCN(Cc1ccnc(C(N)=NO)c1)C(C)COC. The van der Waals surface area contributed by atoms with Gasteiger partial charge in [0.25, 0.3) is 0 Å². The lowest BCUT2D eigenvalue weighted by molar-refractivity contribution is 0.0705. The first kappa shape index (κ1) is 17.4. The van der Waals surface area contributed by atoms with Gasteiger partial charge in [0.05, 0.1) is 13.2 Å². The fourth-order valence-corrected chi connectivity index (χ4v) is 2.01. The Kier molecular flexibility index (Phi) is 7.66. The molecule has 7 heteroatoms. The van der Waals surface area contributed by atoms with Gasteiger partial charge in [0.1, 0.15) is 5.69 Å². The normalized spacial score (nSPS) is 13.6. The van der Waals surface area contributed by atoms with Gasteiger partial charge in [0.2, 0.25) is 0 Å². The van der Waals surface area contributed by atoms with Gasteiger partial charge in [0.15, 0.2) is 5.84 Å². The summed E-state index contributed by atoms with van der Waals surface area (Å²) in [5.74, 6) is 0.00484. The fraction of sp³-hybridized carbons (Fsp3) is 0.571. The molecule has 1 aromatic rings. The van der Waals surface area contributed by atoms with E-state index in [0.29, 0.717) is 25.5 Å². The van der Waals surface area contributed by atoms with E-state index < -0.39 is 0 Å². The molecule has 0 radical (unpaired) electrons. The number of rotatable bonds is 9. The van der Waals surface area contributed by atoms with Crippen LogP contribution in [0.3, 0.4) is 0 Å². The summed E-state index contributed by atoms with van der Waals surface area (Å²) >= 11 is 0. The highest BCUT2D eigenvalue weighted by atomic mass is 16.5. The van der Waals surface area contributed by atoms with Crippen molar-refractivity contribution < 1.29 is 14.7 Å². The number of hydrogen-bond acceptors (Lipinski definition) is 6. The molecule has 0 amide bonds. The van der Waals surface area contributed by atoms with Gasteiger partial charge in [-0.05, 0) is 24.6 Å². The van der Waals surface area contributed by atoms with E-state index in [1.807, 2.05) is 12.1 Å². The van der Waals surface area contributed by atoms with Gasteiger partial charge in [0, 0.05) is 39.5 Å². The summed E-state index contributed by atoms with van der Waals surface area (Å²) in [5, 5.41) is 11.7.